The standard InChI is InChI=1S/C6H7N2O4P/c7-13(11)12-6-4-2-1-3-5(6)8(9)10/h1-4,11H,7H2. The van der Waals surface area contributed by atoms with E-state index in [1.807, 2.05) is 0 Å². The monoisotopic (exact) mass is 202 g/mol. The van der Waals surface area contributed by atoms with E-state index in [-0.39, 0.29) is 11.4 Å². The average Bonchev–Trinajstić information content (AvgIpc) is 2.03. The molecule has 1 aromatic rings. The lowest BCUT2D eigenvalue weighted by Crippen LogP contribution is -1.98. The molecule has 0 amide bonds. The van der Waals surface area contributed by atoms with Crippen LogP contribution in [0.3, 0.4) is 0 Å². The number of benzene rings is 1. The number of hydrogen-bond acceptors (Lipinski definition) is 5. The number of para-hydroxylation sites is 2. The summed E-state index contributed by atoms with van der Waals surface area (Å²) < 4.78 is 4.66. The number of nitrogens with zero attached hydrogens (tertiary/aromatic N) is 1. The first-order valence-corrected chi connectivity index (χ1v) is 4.54. The number of nitrogens with two attached hydrogens (primary N) is 1. The maximum absolute atomic E-state index is 10.4. The third-order valence-electron chi connectivity index (χ3n) is 1.25. The maximum Gasteiger partial charge on any atom is 0.312 e. The smallest absolute Gasteiger partial charge is 0.312 e. The van der Waals surface area contributed by atoms with Crippen LogP contribution in [0.4, 0.5) is 5.69 Å². The number of nitro groups is 1. The lowest BCUT2D eigenvalue weighted by Gasteiger charge is -2.05. The van der Waals surface area contributed by atoms with E-state index < -0.39 is 13.4 Å². The van der Waals surface area contributed by atoms with Gasteiger partial charge in [-0.25, -0.2) is 0 Å². The van der Waals surface area contributed by atoms with Crippen molar-refractivity contribution in [3.8, 4) is 5.75 Å². The summed E-state index contributed by atoms with van der Waals surface area (Å²) in [6.45, 7) is 0. The van der Waals surface area contributed by atoms with Gasteiger partial charge in [0.15, 0.2) is 0 Å². The summed E-state index contributed by atoms with van der Waals surface area (Å²) in [7, 11) is -2.12. The van der Waals surface area contributed by atoms with E-state index in [0.29, 0.717) is 0 Å². The SMILES string of the molecule is NP(O)Oc1ccccc1[N+](=O)[O-]. The molecule has 0 heterocycles. The molecule has 0 radical (unpaired) electrons. The molecular formula is C6H7N2O4P. The van der Waals surface area contributed by atoms with Gasteiger partial charge in [0.2, 0.25) is 5.75 Å². The first kappa shape index (κ1) is 9.85. The molecule has 7 heteroatoms. The van der Waals surface area contributed by atoms with Crippen molar-refractivity contribution in [2.75, 3.05) is 0 Å². The second-order valence-electron chi connectivity index (χ2n) is 2.12. The molecule has 0 bridgehead atoms. The largest absolute Gasteiger partial charge is 0.429 e. The minimum Gasteiger partial charge on any atom is -0.429 e. The molecule has 0 spiro atoms. The molecule has 1 atom stereocenters. The molecule has 1 unspecified atom stereocenters. The van der Waals surface area contributed by atoms with Crippen molar-refractivity contribution in [3.63, 3.8) is 0 Å². The highest BCUT2D eigenvalue weighted by molar-refractivity contribution is 7.43. The summed E-state index contributed by atoms with van der Waals surface area (Å²) in [4.78, 5) is 18.5. The van der Waals surface area contributed by atoms with Crippen molar-refractivity contribution < 1.29 is 14.3 Å². The first-order valence-electron chi connectivity index (χ1n) is 3.26. The molecule has 6 nitrogen and oxygen atoms in total. The lowest BCUT2D eigenvalue weighted by atomic mass is 10.3. The minimum absolute atomic E-state index is 0.0244. The highest BCUT2D eigenvalue weighted by atomic mass is 31.2. The van der Waals surface area contributed by atoms with E-state index >= 15 is 0 Å². The summed E-state index contributed by atoms with van der Waals surface area (Å²) in [5, 5.41) is 10.4. The van der Waals surface area contributed by atoms with E-state index in [4.69, 9.17) is 10.4 Å². The molecule has 0 aliphatic rings. The van der Waals surface area contributed by atoms with Crippen molar-refractivity contribution in [3.05, 3.63) is 34.4 Å². The minimum atomic E-state index is -2.12. The third kappa shape index (κ3) is 2.62. The van der Waals surface area contributed by atoms with Crippen molar-refractivity contribution in [1.82, 2.24) is 0 Å². The van der Waals surface area contributed by atoms with Crippen LogP contribution in [-0.2, 0) is 0 Å². The van der Waals surface area contributed by atoms with Crippen LogP contribution in [0.5, 0.6) is 5.75 Å². The van der Waals surface area contributed by atoms with Crippen LogP contribution in [0, 0.1) is 10.1 Å². The van der Waals surface area contributed by atoms with Gasteiger partial charge in [-0.3, -0.25) is 15.6 Å². The topological polar surface area (TPSA) is 98.6 Å². The van der Waals surface area contributed by atoms with Gasteiger partial charge in [-0.1, -0.05) is 12.1 Å². The van der Waals surface area contributed by atoms with Crippen LogP contribution in [0.25, 0.3) is 0 Å². The molecular weight excluding hydrogens is 195 g/mol. The van der Waals surface area contributed by atoms with Gasteiger partial charge in [0.25, 0.3) is 0 Å². The summed E-state index contributed by atoms with van der Waals surface area (Å²) in [5.41, 5.74) is 4.76. The number of hydrogen-bond donors (Lipinski definition) is 2. The van der Waals surface area contributed by atoms with Gasteiger partial charge in [-0.2, -0.15) is 0 Å². The van der Waals surface area contributed by atoms with Gasteiger partial charge >= 0.3 is 14.2 Å². The van der Waals surface area contributed by atoms with Crippen LogP contribution in [0.15, 0.2) is 24.3 Å². The molecule has 0 saturated carbocycles. The fourth-order valence-electron chi connectivity index (χ4n) is 0.786. The second-order valence-corrected chi connectivity index (χ2v) is 2.91. The number of nitro benzene ring substituents is 1. The maximum atomic E-state index is 10.4. The Labute approximate surface area is 75.1 Å². The zero-order valence-electron chi connectivity index (χ0n) is 6.45. The Morgan fingerprint density at radius 3 is 2.69 bits per heavy atom. The molecule has 0 aliphatic carbocycles. The normalized spacial score (nSPS) is 12.2. The Kier molecular flexibility index (Phi) is 3.13. The highest BCUT2D eigenvalue weighted by Gasteiger charge is 2.15. The Morgan fingerprint density at radius 1 is 1.54 bits per heavy atom. The predicted octanol–water partition coefficient (Wildman–Crippen LogP) is 1.15. The van der Waals surface area contributed by atoms with Crippen molar-refractivity contribution >= 4 is 14.2 Å². The van der Waals surface area contributed by atoms with Gasteiger partial charge in [0.1, 0.15) is 0 Å². The molecule has 1 aromatic carbocycles. The molecule has 0 fully saturated rings. The van der Waals surface area contributed by atoms with Crippen molar-refractivity contribution in [1.29, 1.82) is 0 Å². The van der Waals surface area contributed by atoms with Crippen LogP contribution in [0.2, 0.25) is 0 Å². The fraction of sp³-hybridized carbons (Fsp3) is 0. The van der Waals surface area contributed by atoms with E-state index in [2.05, 4.69) is 4.52 Å². The lowest BCUT2D eigenvalue weighted by molar-refractivity contribution is -0.385. The Hall–Kier alpha value is -1.23. The molecule has 70 valence electrons. The third-order valence-corrected chi connectivity index (χ3v) is 1.64. The molecule has 13 heavy (non-hydrogen) atoms. The van der Waals surface area contributed by atoms with Crippen LogP contribution in [-0.4, -0.2) is 9.82 Å². The quantitative estimate of drug-likeness (QED) is 0.435. The van der Waals surface area contributed by atoms with Crippen LogP contribution in [0.1, 0.15) is 0 Å². The fourth-order valence-corrected chi connectivity index (χ4v) is 1.14. The molecule has 1 rings (SSSR count). The van der Waals surface area contributed by atoms with Gasteiger partial charge < -0.3 is 9.42 Å². The van der Waals surface area contributed by atoms with Crippen LogP contribution < -0.4 is 10.0 Å². The van der Waals surface area contributed by atoms with E-state index in [1.54, 1.807) is 6.07 Å². The van der Waals surface area contributed by atoms with E-state index in [0.717, 1.165) is 0 Å². The Balaban J connectivity index is 2.98. The zero-order chi connectivity index (χ0) is 9.84. The Morgan fingerprint density at radius 2 is 2.15 bits per heavy atom. The highest BCUT2D eigenvalue weighted by Crippen LogP contribution is 2.33. The molecule has 3 N–H and O–H groups in total. The summed E-state index contributed by atoms with van der Waals surface area (Å²) in [5.74, 6) is -0.0244. The molecule has 0 saturated heterocycles. The summed E-state index contributed by atoms with van der Waals surface area (Å²) in [6.07, 6.45) is 0. The van der Waals surface area contributed by atoms with Crippen molar-refractivity contribution in [2.24, 2.45) is 5.50 Å². The first-order chi connectivity index (χ1) is 6.11. The van der Waals surface area contributed by atoms with Crippen LogP contribution >= 0.6 is 8.53 Å². The zero-order valence-corrected chi connectivity index (χ0v) is 7.35. The summed E-state index contributed by atoms with van der Waals surface area (Å²) in [6, 6.07) is 5.70. The second kappa shape index (κ2) is 4.13. The molecule has 0 aromatic heterocycles. The van der Waals surface area contributed by atoms with E-state index in [1.165, 1.54) is 18.2 Å². The van der Waals surface area contributed by atoms with Gasteiger partial charge in [-0.05, 0) is 6.07 Å². The predicted molar refractivity (Wildman–Crippen MR) is 47.1 cm³/mol. The van der Waals surface area contributed by atoms with Gasteiger partial charge in [0.05, 0.1) is 4.92 Å². The number of rotatable bonds is 3. The van der Waals surface area contributed by atoms with E-state index in [9.17, 15) is 10.1 Å². The van der Waals surface area contributed by atoms with Crippen molar-refractivity contribution in [2.45, 2.75) is 0 Å². The average molecular weight is 202 g/mol. The Bertz CT molecular complexity index is 317. The van der Waals surface area contributed by atoms with Gasteiger partial charge in [0, 0.05) is 6.07 Å². The molecule has 0 aliphatic heterocycles. The summed E-state index contributed by atoms with van der Waals surface area (Å²) >= 11 is 0. The van der Waals surface area contributed by atoms with Gasteiger partial charge in [-0.15, -0.1) is 0 Å².